The van der Waals surface area contributed by atoms with Gasteiger partial charge in [0.25, 0.3) is 0 Å². The number of carbonyl (C=O) groups excluding carboxylic acids is 4. The van der Waals surface area contributed by atoms with Crippen molar-refractivity contribution in [1.29, 1.82) is 0 Å². The number of hydrogen-bond donors (Lipinski definition) is 5. The van der Waals surface area contributed by atoms with Gasteiger partial charge in [-0.15, -0.1) is 0 Å². The highest BCUT2D eigenvalue weighted by Gasteiger charge is 2.60. The Bertz CT molecular complexity index is 1970. The third-order valence-electron chi connectivity index (χ3n) is 13.5. The van der Waals surface area contributed by atoms with Crippen LogP contribution in [0.1, 0.15) is 65.9 Å². The maximum absolute atomic E-state index is 14.2. The zero-order chi connectivity index (χ0) is 44.2. The topological polar surface area (TPSA) is 204 Å². The summed E-state index contributed by atoms with van der Waals surface area (Å²) in [5.74, 6) is -2.24. The second kappa shape index (κ2) is 19.1. The van der Waals surface area contributed by atoms with Crippen molar-refractivity contribution in [1.82, 2.24) is 20.9 Å². The van der Waals surface area contributed by atoms with Crippen molar-refractivity contribution in [2.45, 2.75) is 90.6 Å². The van der Waals surface area contributed by atoms with E-state index in [4.69, 9.17) is 14.2 Å². The summed E-state index contributed by atoms with van der Waals surface area (Å²) in [5, 5.41) is 32.2. The van der Waals surface area contributed by atoms with Crippen LogP contribution in [0, 0.1) is 22.7 Å². The van der Waals surface area contributed by atoms with Crippen LogP contribution in [-0.2, 0) is 33.4 Å². The number of allylic oxidation sites excluding steroid dienone is 1. The van der Waals surface area contributed by atoms with E-state index in [-0.39, 0.29) is 60.2 Å². The highest BCUT2D eigenvalue weighted by Crippen LogP contribution is 2.62. The van der Waals surface area contributed by atoms with Gasteiger partial charge in [-0.25, -0.2) is 19.6 Å². The van der Waals surface area contributed by atoms with Crippen molar-refractivity contribution in [3.05, 3.63) is 59.4 Å². The van der Waals surface area contributed by atoms with E-state index in [9.17, 15) is 29.4 Å². The van der Waals surface area contributed by atoms with Gasteiger partial charge < -0.3 is 34.2 Å². The Labute approximate surface area is 358 Å². The first-order valence-corrected chi connectivity index (χ1v) is 21.4. The van der Waals surface area contributed by atoms with Gasteiger partial charge in [0.05, 0.1) is 56.7 Å². The van der Waals surface area contributed by atoms with Gasteiger partial charge in [0.15, 0.2) is 0 Å². The minimum atomic E-state index is -0.889. The lowest BCUT2D eigenvalue weighted by Crippen LogP contribution is -2.63. The first kappa shape index (κ1) is 45.8. The van der Waals surface area contributed by atoms with Crippen molar-refractivity contribution in [2.24, 2.45) is 32.7 Å². The Balaban J connectivity index is 1.42. The van der Waals surface area contributed by atoms with Gasteiger partial charge in [-0.1, -0.05) is 38.1 Å². The Morgan fingerprint density at radius 2 is 1.82 bits per heavy atom. The number of aliphatic hydroxyl groups excluding tert-OH is 2. The molecular formula is C45H63N7O9. The van der Waals surface area contributed by atoms with Gasteiger partial charge in [-0.3, -0.25) is 25.5 Å². The van der Waals surface area contributed by atoms with E-state index in [0.717, 1.165) is 11.3 Å². The fourth-order valence-electron chi connectivity index (χ4n) is 9.92. The Morgan fingerprint density at radius 1 is 1.11 bits per heavy atom. The molecule has 2 aliphatic carbocycles. The third-order valence-corrected chi connectivity index (χ3v) is 13.5. The number of cyclic esters (lactones) is 1. The van der Waals surface area contributed by atoms with Crippen LogP contribution in [0.25, 0.3) is 5.57 Å². The molecule has 0 bridgehead atoms. The smallest absolute Gasteiger partial charge is 0.342 e. The SMILES string of the molecule is C=C1C(NC(C)C(=O)N2CCOCC2)CC2[C@](C)(CC[C@@H](O)[C@@]2(C)CO)C1CC(NC(C)C(=O)NC1=NCC=N1)C1=C/C(=C(/C(=O)OCC)c2ccc(N(C)C)cc2)OC1=O. The molecule has 0 spiro atoms. The molecule has 3 aliphatic heterocycles. The van der Waals surface area contributed by atoms with E-state index in [0.29, 0.717) is 57.7 Å². The molecule has 0 aromatic heterocycles. The molecule has 9 atom stereocenters. The Hall–Kier alpha value is -4.74. The number of amides is 2. The van der Waals surface area contributed by atoms with E-state index in [1.54, 1.807) is 43.2 Å². The van der Waals surface area contributed by atoms with Crippen LogP contribution >= 0.6 is 0 Å². The molecule has 2 amide bonds. The number of esters is 2. The molecule has 332 valence electrons. The number of guanidine groups is 1. The number of benzene rings is 1. The monoisotopic (exact) mass is 845 g/mol. The lowest BCUT2D eigenvalue weighted by molar-refractivity contribution is -0.157. The second-order valence-electron chi connectivity index (χ2n) is 17.6. The van der Waals surface area contributed by atoms with Gasteiger partial charge in [0.2, 0.25) is 17.8 Å². The number of morpholine rings is 1. The molecule has 1 saturated heterocycles. The number of fused-ring (bicyclic) bond motifs is 1. The van der Waals surface area contributed by atoms with Crippen molar-refractivity contribution in [3.63, 3.8) is 0 Å². The molecule has 1 aromatic carbocycles. The largest absolute Gasteiger partial charge is 0.462 e. The number of aliphatic imine (C=N–C) groups is 2. The van der Waals surface area contributed by atoms with E-state index < -0.39 is 58.9 Å². The molecule has 5 N–H and O–H groups in total. The van der Waals surface area contributed by atoms with Crippen LogP contribution < -0.4 is 20.9 Å². The van der Waals surface area contributed by atoms with Crippen molar-refractivity contribution >= 4 is 47.2 Å². The standard InChI is InChI=1S/C45H63N7O9/c1-9-60-42(58)38(29-10-12-30(13-11-29)51(7)8)35-22-31(41(57)61-35)34(48-27(3)39(55)50-43-46-16-17-47-43)23-32-26(2)33(49-28(4)40(56)52-18-20-59-21-19-52)24-36-44(32,5)15-14-37(54)45(36,6)25-53/h10-13,16,22,27-28,32-34,36-37,48-49,53-54H,2,9,14-15,17-21,23-25H2,1,3-8H3,(H,47,50,55)/b38-35-/t27?,28?,32?,33?,34?,36?,37-,44-,45+/m1/s1. The number of ether oxygens (including phenoxy) is 3. The summed E-state index contributed by atoms with van der Waals surface area (Å²) in [6.07, 6.45) is 4.14. The normalized spacial score (nSPS) is 29.8. The van der Waals surface area contributed by atoms with Gasteiger partial charge >= 0.3 is 11.9 Å². The first-order valence-electron chi connectivity index (χ1n) is 21.4. The minimum Gasteiger partial charge on any atom is -0.462 e. The number of nitrogens with one attached hydrogen (secondary N) is 3. The van der Waals surface area contributed by atoms with Crippen LogP contribution in [0.4, 0.5) is 5.69 Å². The van der Waals surface area contributed by atoms with Gasteiger partial charge in [-0.05, 0) is 87.5 Å². The molecule has 16 nitrogen and oxygen atoms in total. The lowest BCUT2D eigenvalue weighted by Gasteiger charge is -2.62. The fourth-order valence-corrected chi connectivity index (χ4v) is 9.92. The number of anilines is 1. The number of hydrogen-bond acceptors (Lipinski definition) is 14. The van der Waals surface area contributed by atoms with E-state index in [1.165, 1.54) is 0 Å². The zero-order valence-electron chi connectivity index (χ0n) is 36.5. The predicted octanol–water partition coefficient (Wildman–Crippen LogP) is 2.36. The number of nitrogens with zero attached hydrogens (tertiary/aromatic N) is 4. The first-order chi connectivity index (χ1) is 29.0. The van der Waals surface area contributed by atoms with E-state index >= 15 is 0 Å². The van der Waals surface area contributed by atoms with Gasteiger partial charge in [0.1, 0.15) is 11.3 Å². The summed E-state index contributed by atoms with van der Waals surface area (Å²) < 4.78 is 16.9. The predicted molar refractivity (Wildman–Crippen MR) is 231 cm³/mol. The molecule has 3 fully saturated rings. The van der Waals surface area contributed by atoms with Crippen molar-refractivity contribution in [3.8, 4) is 0 Å². The molecule has 6 unspecified atom stereocenters. The number of aliphatic hydroxyl groups is 2. The maximum Gasteiger partial charge on any atom is 0.342 e. The van der Waals surface area contributed by atoms with Gasteiger partial charge in [-0.2, -0.15) is 0 Å². The highest BCUT2D eigenvalue weighted by atomic mass is 16.6. The zero-order valence-corrected chi connectivity index (χ0v) is 36.5. The molecule has 61 heavy (non-hydrogen) atoms. The molecule has 1 aromatic rings. The minimum absolute atomic E-state index is 0.0183. The number of rotatable bonds is 14. The quantitative estimate of drug-likeness (QED) is 0.104. The average molecular weight is 846 g/mol. The summed E-state index contributed by atoms with van der Waals surface area (Å²) in [4.78, 5) is 67.2. The summed E-state index contributed by atoms with van der Waals surface area (Å²) in [6.45, 7) is 16.1. The Morgan fingerprint density at radius 3 is 2.44 bits per heavy atom. The molecule has 5 aliphatic rings. The van der Waals surface area contributed by atoms with E-state index in [2.05, 4.69) is 39.4 Å². The molecule has 0 radical (unpaired) electrons. The van der Waals surface area contributed by atoms with Crippen molar-refractivity contribution < 1.29 is 43.6 Å². The summed E-state index contributed by atoms with van der Waals surface area (Å²) in [5.41, 5.74) is 1.04. The number of carbonyl (C=O) groups is 4. The fraction of sp³-hybridized carbons (Fsp3) is 0.600. The maximum atomic E-state index is 14.2. The second-order valence-corrected chi connectivity index (χ2v) is 17.6. The molecule has 2 saturated carbocycles. The lowest BCUT2D eigenvalue weighted by atomic mass is 9.45. The van der Waals surface area contributed by atoms with Crippen LogP contribution in [0.2, 0.25) is 0 Å². The van der Waals surface area contributed by atoms with Crippen LogP contribution in [0.5, 0.6) is 0 Å². The molecule has 6 rings (SSSR count). The van der Waals surface area contributed by atoms with Gasteiger partial charge in [0, 0.05) is 56.6 Å². The highest BCUT2D eigenvalue weighted by molar-refractivity contribution is 6.19. The molecule has 3 heterocycles. The summed E-state index contributed by atoms with van der Waals surface area (Å²) >= 11 is 0. The van der Waals surface area contributed by atoms with Crippen molar-refractivity contribution in [2.75, 3.05) is 65.1 Å². The molecular weight excluding hydrogens is 783 g/mol. The van der Waals surface area contributed by atoms with E-state index in [1.807, 2.05) is 45.0 Å². The Kier molecular flexibility index (Phi) is 14.3. The average Bonchev–Trinajstić information content (AvgIpc) is 3.90. The summed E-state index contributed by atoms with van der Waals surface area (Å²) in [6, 6.07) is 4.56. The third kappa shape index (κ3) is 9.53. The van der Waals surface area contributed by atoms with Crippen LogP contribution in [0.3, 0.4) is 0 Å². The van der Waals surface area contributed by atoms with Crippen LogP contribution in [0.15, 0.2) is 63.8 Å². The molecule has 16 heteroatoms. The summed E-state index contributed by atoms with van der Waals surface area (Å²) in [7, 11) is 3.81. The van der Waals surface area contributed by atoms with Crippen LogP contribution in [-0.4, -0.2) is 141 Å².